The van der Waals surface area contributed by atoms with Crippen molar-refractivity contribution in [3.63, 3.8) is 0 Å². The second-order valence-electron chi connectivity index (χ2n) is 5.38. The Morgan fingerprint density at radius 2 is 1.84 bits per heavy atom. The summed E-state index contributed by atoms with van der Waals surface area (Å²) in [7, 11) is 1.63. The third-order valence-electron chi connectivity index (χ3n) is 2.62. The highest BCUT2D eigenvalue weighted by Gasteiger charge is 2.19. The fourth-order valence-corrected chi connectivity index (χ4v) is 1.71. The summed E-state index contributed by atoms with van der Waals surface area (Å²) in [6, 6.07) is 7.61. The molecule has 0 unspecified atom stereocenters. The lowest BCUT2D eigenvalue weighted by Crippen LogP contribution is -2.34. The maximum absolute atomic E-state index is 11.8. The maximum Gasteiger partial charge on any atom is 0.408 e. The quantitative estimate of drug-likeness (QED) is 0.903. The molecule has 1 N–H and O–H groups in total. The van der Waals surface area contributed by atoms with Gasteiger partial charge in [0.2, 0.25) is 0 Å². The zero-order valence-electron chi connectivity index (χ0n) is 12.3. The van der Waals surface area contributed by atoms with E-state index in [9.17, 15) is 4.79 Å². The van der Waals surface area contributed by atoms with E-state index in [1.54, 1.807) is 7.11 Å². The average Bonchev–Trinajstić information content (AvgIpc) is 2.34. The van der Waals surface area contributed by atoms with Gasteiger partial charge in [-0.25, -0.2) is 4.79 Å². The van der Waals surface area contributed by atoms with E-state index in [2.05, 4.69) is 5.32 Å². The van der Waals surface area contributed by atoms with Crippen LogP contribution in [0.2, 0.25) is 0 Å². The normalized spacial score (nSPS) is 12.7. The number of rotatable bonds is 4. The van der Waals surface area contributed by atoms with Crippen molar-refractivity contribution in [1.82, 2.24) is 5.32 Å². The van der Waals surface area contributed by atoms with E-state index in [-0.39, 0.29) is 6.04 Å². The van der Waals surface area contributed by atoms with Crippen molar-refractivity contribution >= 4 is 6.09 Å². The number of alkyl carbamates (subject to hydrolysis) is 1. The lowest BCUT2D eigenvalue weighted by molar-refractivity contribution is 0.0502. The van der Waals surface area contributed by atoms with Crippen LogP contribution in [0.1, 0.15) is 45.7 Å². The molecule has 1 aromatic rings. The molecule has 0 bridgehead atoms. The van der Waals surface area contributed by atoms with Crippen LogP contribution in [-0.4, -0.2) is 18.8 Å². The predicted octanol–water partition coefficient (Wildman–Crippen LogP) is 3.67. The average molecular weight is 265 g/mol. The number of hydrogen-bond donors (Lipinski definition) is 1. The van der Waals surface area contributed by atoms with Gasteiger partial charge >= 0.3 is 6.09 Å². The summed E-state index contributed by atoms with van der Waals surface area (Å²) in [5.74, 6) is 0.802. The summed E-state index contributed by atoms with van der Waals surface area (Å²) in [6.45, 7) is 7.56. The van der Waals surface area contributed by atoms with Crippen molar-refractivity contribution < 1.29 is 14.3 Å². The molecular weight excluding hydrogens is 242 g/mol. The Hall–Kier alpha value is -1.71. The number of amides is 1. The maximum atomic E-state index is 11.8. The van der Waals surface area contributed by atoms with Crippen LogP contribution < -0.4 is 10.1 Å². The first-order chi connectivity index (χ1) is 8.85. The number of ether oxygens (including phenoxy) is 2. The van der Waals surface area contributed by atoms with Gasteiger partial charge in [-0.05, 0) is 44.9 Å². The third-order valence-corrected chi connectivity index (χ3v) is 2.62. The topological polar surface area (TPSA) is 47.6 Å². The molecule has 0 radical (unpaired) electrons. The zero-order valence-corrected chi connectivity index (χ0v) is 12.3. The Labute approximate surface area is 115 Å². The molecule has 0 fully saturated rings. The first-order valence-electron chi connectivity index (χ1n) is 6.49. The van der Waals surface area contributed by atoms with Gasteiger partial charge in [-0.1, -0.05) is 19.1 Å². The first-order valence-corrected chi connectivity index (χ1v) is 6.49. The van der Waals surface area contributed by atoms with Gasteiger partial charge in [-0.15, -0.1) is 0 Å². The Balaban J connectivity index is 2.69. The van der Waals surface area contributed by atoms with Gasteiger partial charge < -0.3 is 14.8 Å². The Kier molecular flexibility index (Phi) is 5.21. The summed E-state index contributed by atoms with van der Waals surface area (Å²) >= 11 is 0. The van der Waals surface area contributed by atoms with Crippen LogP contribution in [-0.2, 0) is 4.74 Å². The smallest absolute Gasteiger partial charge is 0.408 e. The molecule has 0 heterocycles. The summed E-state index contributed by atoms with van der Waals surface area (Å²) in [6.07, 6.45) is 0.404. The van der Waals surface area contributed by atoms with Crippen LogP contribution in [0.25, 0.3) is 0 Å². The fourth-order valence-electron chi connectivity index (χ4n) is 1.71. The van der Waals surface area contributed by atoms with Crippen molar-refractivity contribution in [2.75, 3.05) is 7.11 Å². The molecule has 0 saturated carbocycles. The van der Waals surface area contributed by atoms with E-state index >= 15 is 0 Å². The molecule has 1 atom stereocenters. The van der Waals surface area contributed by atoms with Crippen LogP contribution in [0.15, 0.2) is 24.3 Å². The van der Waals surface area contributed by atoms with Crippen LogP contribution in [0, 0.1) is 0 Å². The van der Waals surface area contributed by atoms with Crippen LogP contribution in [0.3, 0.4) is 0 Å². The van der Waals surface area contributed by atoms with E-state index in [4.69, 9.17) is 9.47 Å². The number of carbonyl (C=O) groups is 1. The minimum absolute atomic E-state index is 0.0549. The highest BCUT2D eigenvalue weighted by molar-refractivity contribution is 5.68. The molecular formula is C15H23NO3. The molecule has 0 saturated heterocycles. The number of methoxy groups -OCH3 is 1. The summed E-state index contributed by atoms with van der Waals surface area (Å²) in [5.41, 5.74) is 0.552. The molecule has 1 rings (SSSR count). The molecule has 1 aromatic carbocycles. The lowest BCUT2D eigenvalue weighted by Gasteiger charge is -2.23. The molecule has 1 amide bonds. The zero-order chi connectivity index (χ0) is 14.5. The molecule has 0 aromatic heterocycles. The van der Waals surface area contributed by atoms with Crippen molar-refractivity contribution in [2.24, 2.45) is 0 Å². The first kappa shape index (κ1) is 15.3. The monoisotopic (exact) mass is 265 g/mol. The van der Waals surface area contributed by atoms with Crippen molar-refractivity contribution in [2.45, 2.75) is 45.8 Å². The standard InChI is InChI=1S/C15H23NO3/c1-6-13(16-14(17)19-15(2,3)4)11-7-9-12(18-5)10-8-11/h7-10,13H,6H2,1-5H3,(H,16,17)/t13-/m1/s1. The van der Waals surface area contributed by atoms with E-state index in [0.29, 0.717) is 0 Å². The minimum atomic E-state index is -0.484. The number of benzene rings is 1. The van der Waals surface area contributed by atoms with Gasteiger partial charge in [0.25, 0.3) is 0 Å². The molecule has 4 heteroatoms. The molecule has 0 spiro atoms. The third kappa shape index (κ3) is 5.20. The Bertz CT molecular complexity index is 406. The van der Waals surface area contributed by atoms with Gasteiger partial charge in [-0.2, -0.15) is 0 Å². The molecule has 19 heavy (non-hydrogen) atoms. The fraction of sp³-hybridized carbons (Fsp3) is 0.533. The second kappa shape index (κ2) is 6.45. The van der Waals surface area contributed by atoms with Crippen molar-refractivity contribution in [3.05, 3.63) is 29.8 Å². The second-order valence-corrected chi connectivity index (χ2v) is 5.38. The molecule has 106 valence electrons. The van der Waals surface area contributed by atoms with Crippen molar-refractivity contribution in [3.8, 4) is 5.75 Å². The van der Waals surface area contributed by atoms with E-state index < -0.39 is 11.7 Å². The van der Waals surface area contributed by atoms with Crippen LogP contribution in [0.4, 0.5) is 4.79 Å². The predicted molar refractivity (Wildman–Crippen MR) is 75.4 cm³/mol. The summed E-state index contributed by atoms with van der Waals surface area (Å²) in [4.78, 5) is 11.8. The Morgan fingerprint density at radius 3 is 2.26 bits per heavy atom. The van der Waals surface area contributed by atoms with Crippen molar-refractivity contribution in [1.29, 1.82) is 0 Å². The SMILES string of the molecule is CC[C@@H](NC(=O)OC(C)(C)C)c1ccc(OC)cc1. The highest BCUT2D eigenvalue weighted by atomic mass is 16.6. The minimum Gasteiger partial charge on any atom is -0.497 e. The molecule has 0 aliphatic rings. The largest absolute Gasteiger partial charge is 0.497 e. The molecule has 0 aliphatic carbocycles. The number of carbonyl (C=O) groups excluding carboxylic acids is 1. The summed E-state index contributed by atoms with van der Waals surface area (Å²) in [5, 5.41) is 2.88. The molecule has 0 aliphatic heterocycles. The van der Waals surface area contributed by atoms with Gasteiger partial charge in [0.1, 0.15) is 11.4 Å². The highest BCUT2D eigenvalue weighted by Crippen LogP contribution is 2.20. The summed E-state index contributed by atoms with van der Waals surface area (Å²) < 4.78 is 10.4. The van der Waals surface area contributed by atoms with Crippen LogP contribution in [0.5, 0.6) is 5.75 Å². The number of nitrogens with one attached hydrogen (secondary N) is 1. The van der Waals surface area contributed by atoms with Gasteiger partial charge in [0, 0.05) is 0 Å². The lowest BCUT2D eigenvalue weighted by atomic mass is 10.0. The van der Waals surface area contributed by atoms with Crippen LogP contribution >= 0.6 is 0 Å². The molecule has 4 nitrogen and oxygen atoms in total. The van der Waals surface area contributed by atoms with E-state index in [1.165, 1.54) is 0 Å². The van der Waals surface area contributed by atoms with E-state index in [0.717, 1.165) is 17.7 Å². The number of hydrogen-bond acceptors (Lipinski definition) is 3. The van der Waals surface area contributed by atoms with Gasteiger partial charge in [-0.3, -0.25) is 0 Å². The Morgan fingerprint density at radius 1 is 1.26 bits per heavy atom. The van der Waals surface area contributed by atoms with E-state index in [1.807, 2.05) is 52.0 Å². The van der Waals surface area contributed by atoms with Gasteiger partial charge in [0.05, 0.1) is 13.2 Å². The van der Waals surface area contributed by atoms with Gasteiger partial charge in [0.15, 0.2) is 0 Å².